The van der Waals surface area contributed by atoms with E-state index in [-0.39, 0.29) is 0 Å². The highest BCUT2D eigenvalue weighted by Crippen LogP contribution is 2.64. The number of para-hydroxylation sites is 1. The van der Waals surface area contributed by atoms with E-state index in [2.05, 4.69) is 45.4 Å². The van der Waals surface area contributed by atoms with Crippen molar-refractivity contribution in [1.82, 2.24) is 4.48 Å². The summed E-state index contributed by atoms with van der Waals surface area (Å²) in [5.41, 5.74) is 1.34. The SMILES string of the molecule is C[N+](C)(C)c1ccccc1.O=S(=O)(O)C(F)(F)C(F)(F)C(F)(F)C(F)(F)C(F)(F)C(F)(F)C(F)(F)C(F)(F)F. The standard InChI is InChI=1S/C9H14N.C8HF17O3S/c1-10(2,3)9-7-5-4-6-8-9;9-1(10,3(13,14)5(17,18)7(21,22)23)2(11,12)4(15,16)6(19,20)8(24,25)29(26,27)28/h4-8H,1-3H3;(H,26,27,28)/q+1;. The fraction of sp³-hybridized carbons (Fsp3) is 0.647. The lowest BCUT2D eigenvalue weighted by molar-refractivity contribution is -0.458. The Hall–Kier alpha value is -2.10. The van der Waals surface area contributed by atoms with Crippen molar-refractivity contribution in [2.45, 2.75) is 47.0 Å². The molecule has 1 rings (SSSR count). The van der Waals surface area contributed by atoms with Crippen molar-refractivity contribution in [3.05, 3.63) is 30.3 Å². The van der Waals surface area contributed by atoms with Crippen molar-refractivity contribution in [3.8, 4) is 0 Å². The van der Waals surface area contributed by atoms with Crippen LogP contribution in [0.25, 0.3) is 0 Å². The molecule has 0 radical (unpaired) electrons. The van der Waals surface area contributed by atoms with Crippen molar-refractivity contribution in [2.24, 2.45) is 0 Å². The summed E-state index contributed by atoms with van der Waals surface area (Å²) >= 11 is 0. The molecule has 0 saturated heterocycles. The third-order valence-electron chi connectivity index (χ3n) is 4.55. The summed E-state index contributed by atoms with van der Waals surface area (Å²) in [7, 11) is -1.41. The van der Waals surface area contributed by atoms with Crippen LogP contribution in [-0.4, -0.2) is 81.1 Å². The molecule has 0 aliphatic carbocycles. The first-order valence-corrected chi connectivity index (χ1v) is 10.6. The molecule has 0 saturated carbocycles. The van der Waals surface area contributed by atoms with Crippen LogP contribution in [0.1, 0.15) is 0 Å². The molecule has 0 aliphatic rings. The minimum absolute atomic E-state index is 0.890. The number of benzene rings is 1. The van der Waals surface area contributed by atoms with Crippen LogP contribution < -0.4 is 4.48 Å². The Morgan fingerprint density at radius 1 is 0.538 bits per heavy atom. The lowest BCUT2D eigenvalue weighted by Crippen LogP contribution is -2.74. The number of alkyl halides is 17. The highest BCUT2D eigenvalue weighted by atomic mass is 32.2. The highest BCUT2D eigenvalue weighted by Gasteiger charge is 2.96. The second-order valence-corrected chi connectivity index (χ2v) is 9.75. The molecule has 1 aromatic carbocycles. The normalized spacial score (nSPS) is 15.5. The lowest BCUT2D eigenvalue weighted by Gasteiger charge is -2.42. The smallest absolute Gasteiger partial charge is 0.298 e. The maximum Gasteiger partial charge on any atom is 0.460 e. The fourth-order valence-electron chi connectivity index (χ4n) is 2.19. The first-order chi connectivity index (χ1) is 16.6. The van der Waals surface area contributed by atoms with Gasteiger partial charge in [-0.05, 0) is 12.1 Å². The number of hydrogen-bond donors (Lipinski definition) is 1. The highest BCUT2D eigenvalue weighted by molar-refractivity contribution is 7.87. The Bertz CT molecular complexity index is 1090. The average molecular weight is 636 g/mol. The molecule has 22 heteroatoms. The molecule has 1 N–H and O–H groups in total. The van der Waals surface area contributed by atoms with Gasteiger partial charge in [-0.1, -0.05) is 18.2 Å². The van der Waals surface area contributed by atoms with Gasteiger partial charge in [0, 0.05) is 0 Å². The Morgan fingerprint density at radius 3 is 1.05 bits per heavy atom. The van der Waals surface area contributed by atoms with Crippen LogP contribution in [0.4, 0.5) is 80.3 Å². The number of quaternary nitrogens is 1. The molecule has 1 aromatic rings. The van der Waals surface area contributed by atoms with Gasteiger partial charge in [0.2, 0.25) is 0 Å². The van der Waals surface area contributed by atoms with E-state index in [4.69, 9.17) is 4.55 Å². The molecule has 0 aliphatic heterocycles. The molecular weight excluding hydrogens is 621 g/mol. The molecule has 0 fully saturated rings. The maximum atomic E-state index is 13.0. The van der Waals surface area contributed by atoms with Gasteiger partial charge in [-0.2, -0.15) is 83.1 Å². The van der Waals surface area contributed by atoms with Gasteiger partial charge in [-0.3, -0.25) is 9.04 Å². The number of halogens is 17. The topological polar surface area (TPSA) is 54.4 Å². The van der Waals surface area contributed by atoms with Gasteiger partial charge >= 0.3 is 57.1 Å². The van der Waals surface area contributed by atoms with Crippen LogP contribution >= 0.6 is 0 Å². The molecule has 0 aromatic heterocycles. The molecule has 0 unspecified atom stereocenters. The summed E-state index contributed by atoms with van der Waals surface area (Å²) in [5, 5.41) is -7.84. The van der Waals surface area contributed by atoms with E-state index in [0.29, 0.717) is 0 Å². The van der Waals surface area contributed by atoms with E-state index in [1.54, 1.807) is 0 Å². The zero-order chi connectivity index (χ0) is 32.1. The summed E-state index contributed by atoms with van der Waals surface area (Å²) in [6.45, 7) is 0. The minimum Gasteiger partial charge on any atom is -0.298 e. The molecule has 0 spiro atoms. The molecular formula is C17H15F17NO3S+. The van der Waals surface area contributed by atoms with E-state index in [9.17, 15) is 83.1 Å². The van der Waals surface area contributed by atoms with Crippen molar-refractivity contribution in [2.75, 3.05) is 21.1 Å². The molecule has 4 nitrogen and oxygen atoms in total. The van der Waals surface area contributed by atoms with Crippen LogP contribution in [0.2, 0.25) is 0 Å². The van der Waals surface area contributed by atoms with Crippen LogP contribution in [0.5, 0.6) is 0 Å². The van der Waals surface area contributed by atoms with Crippen molar-refractivity contribution in [1.29, 1.82) is 0 Å². The van der Waals surface area contributed by atoms with E-state index in [1.807, 2.05) is 6.07 Å². The monoisotopic (exact) mass is 636 g/mol. The third-order valence-corrected chi connectivity index (χ3v) is 5.45. The molecule has 0 heterocycles. The zero-order valence-corrected chi connectivity index (χ0v) is 19.7. The molecule has 0 bridgehead atoms. The quantitative estimate of drug-likeness (QED) is 0.196. The maximum absolute atomic E-state index is 13.0. The van der Waals surface area contributed by atoms with E-state index < -0.39 is 57.1 Å². The predicted molar refractivity (Wildman–Crippen MR) is 98.2 cm³/mol. The van der Waals surface area contributed by atoms with Crippen LogP contribution in [0.3, 0.4) is 0 Å². The summed E-state index contributed by atoms with van der Waals surface area (Å²) in [6, 6.07) is 10.5. The molecule has 230 valence electrons. The third kappa shape index (κ3) is 5.86. The van der Waals surface area contributed by atoms with Gasteiger partial charge in [0.05, 0.1) is 21.1 Å². The van der Waals surface area contributed by atoms with E-state index in [0.717, 1.165) is 4.48 Å². The lowest BCUT2D eigenvalue weighted by atomic mass is 9.91. The van der Waals surface area contributed by atoms with Gasteiger partial charge < -0.3 is 0 Å². The van der Waals surface area contributed by atoms with Crippen LogP contribution in [0, 0.1) is 0 Å². The van der Waals surface area contributed by atoms with Crippen molar-refractivity contribution in [3.63, 3.8) is 0 Å². The van der Waals surface area contributed by atoms with Crippen molar-refractivity contribution >= 4 is 15.8 Å². The second-order valence-electron chi connectivity index (χ2n) is 8.28. The van der Waals surface area contributed by atoms with Crippen LogP contribution in [0.15, 0.2) is 30.3 Å². The Kier molecular flexibility index (Phi) is 9.53. The largest absolute Gasteiger partial charge is 0.460 e. The van der Waals surface area contributed by atoms with Crippen molar-refractivity contribution < 1.29 is 87.6 Å². The fourth-order valence-corrected chi connectivity index (χ4v) is 2.64. The minimum atomic E-state index is -8.89. The summed E-state index contributed by atoms with van der Waals surface area (Å²) in [5.74, 6) is -52.0. The molecule has 39 heavy (non-hydrogen) atoms. The summed E-state index contributed by atoms with van der Waals surface area (Å²) in [4.78, 5) is 0. The first-order valence-electron chi connectivity index (χ1n) is 9.16. The van der Waals surface area contributed by atoms with Gasteiger partial charge in [-0.15, -0.1) is 0 Å². The number of nitrogens with zero attached hydrogens (tertiary/aromatic N) is 1. The zero-order valence-electron chi connectivity index (χ0n) is 18.9. The van der Waals surface area contributed by atoms with Gasteiger partial charge in [0.25, 0.3) is 0 Å². The molecule has 0 amide bonds. The van der Waals surface area contributed by atoms with E-state index >= 15 is 0 Å². The Labute approximate surface area is 207 Å². The first kappa shape index (κ1) is 36.9. The van der Waals surface area contributed by atoms with Gasteiger partial charge in [0.1, 0.15) is 5.69 Å². The Morgan fingerprint density at radius 2 is 0.821 bits per heavy atom. The van der Waals surface area contributed by atoms with Gasteiger partial charge in [-0.25, -0.2) is 0 Å². The summed E-state index contributed by atoms with van der Waals surface area (Å²) < 4.78 is 243. The number of rotatable bonds is 8. The number of hydrogen-bond acceptors (Lipinski definition) is 2. The molecule has 0 atom stereocenters. The predicted octanol–water partition coefficient (Wildman–Crippen LogP) is 6.72. The van der Waals surface area contributed by atoms with Gasteiger partial charge in [0.15, 0.2) is 0 Å². The van der Waals surface area contributed by atoms with E-state index in [1.165, 1.54) is 5.69 Å². The van der Waals surface area contributed by atoms with Crippen LogP contribution in [-0.2, 0) is 10.1 Å². The summed E-state index contributed by atoms with van der Waals surface area (Å²) in [6.07, 6.45) is -7.88. The average Bonchev–Trinajstić information content (AvgIpc) is 2.71. The second kappa shape index (κ2) is 10.1. The Balaban J connectivity index is 0.00000120.